The Kier molecular flexibility index (Phi) is 10.2. The van der Waals surface area contributed by atoms with E-state index in [2.05, 4.69) is 5.32 Å². The summed E-state index contributed by atoms with van der Waals surface area (Å²) in [5.74, 6) is -0.620. The summed E-state index contributed by atoms with van der Waals surface area (Å²) in [6.45, 7) is 2.14. The molecular weight excluding hydrogens is 495 g/mol. The Hall–Kier alpha value is -3.27. The Morgan fingerprint density at radius 2 is 1.70 bits per heavy atom. The van der Waals surface area contributed by atoms with Crippen molar-refractivity contribution in [1.29, 1.82) is 0 Å². The highest BCUT2D eigenvalue weighted by atomic mass is 32.2. The number of benzene rings is 3. The van der Waals surface area contributed by atoms with Crippen molar-refractivity contribution in [3.05, 3.63) is 89.5 Å². The van der Waals surface area contributed by atoms with E-state index in [0.29, 0.717) is 6.54 Å². The monoisotopic (exact) mass is 528 g/mol. The molecule has 1 amide bonds. The molecule has 7 nitrogen and oxygen atoms in total. The van der Waals surface area contributed by atoms with Gasteiger partial charge in [-0.1, -0.05) is 60.7 Å². The Bertz CT molecular complexity index is 1270. The van der Waals surface area contributed by atoms with Gasteiger partial charge >= 0.3 is 0 Å². The van der Waals surface area contributed by atoms with Crippen LogP contribution < -0.4 is 14.8 Å². The zero-order valence-electron chi connectivity index (χ0n) is 21.0. The molecule has 0 fully saturated rings. The number of aliphatic hydroxyl groups is 1. The van der Waals surface area contributed by atoms with Crippen LogP contribution in [0.25, 0.3) is 11.1 Å². The third kappa shape index (κ3) is 8.66. The first-order valence-electron chi connectivity index (χ1n) is 12.1. The normalized spacial score (nSPS) is 13.1. The first kappa shape index (κ1) is 28.3. The number of hydrogen-bond acceptors (Lipinski definition) is 6. The molecule has 0 aliphatic rings. The lowest BCUT2D eigenvalue weighted by atomic mass is 10.0. The maximum Gasteiger partial charge on any atom is 0.268 e. The van der Waals surface area contributed by atoms with Gasteiger partial charge in [0.2, 0.25) is 10.0 Å². The van der Waals surface area contributed by atoms with Gasteiger partial charge in [-0.3, -0.25) is 9.18 Å². The maximum absolute atomic E-state index is 12.6. The number of hydrogen-bond donors (Lipinski definition) is 3. The second-order valence-electron chi connectivity index (χ2n) is 8.85. The number of aliphatic hydroxyl groups excluding tert-OH is 1. The number of rotatable bonds is 13. The summed E-state index contributed by atoms with van der Waals surface area (Å²) in [7, 11) is -3.75. The molecule has 2 atom stereocenters. The summed E-state index contributed by atoms with van der Waals surface area (Å²) in [6.07, 6.45) is 1.23. The summed E-state index contributed by atoms with van der Waals surface area (Å²) in [5, 5.41) is 13.9. The maximum atomic E-state index is 12.6. The standard InChI is InChI=1S/C28H33FN2O5S/c1-20(27(32)23-7-4-3-5-8-23)30-17-15-21-9-11-22(12-10-21)24-13-14-25(28(33)31-37(2,34)35)26(19-24)36-18-6-16-29/h3-5,7-14,19-20,27,30,32H,6,15-18H2,1-2H3,(H,31,33)/t20-,27+/m0/s1. The third-order valence-electron chi connectivity index (χ3n) is 5.82. The van der Waals surface area contributed by atoms with Crippen molar-refractivity contribution in [2.45, 2.75) is 31.9 Å². The second kappa shape index (κ2) is 13.3. The van der Waals surface area contributed by atoms with E-state index in [4.69, 9.17) is 4.74 Å². The lowest BCUT2D eigenvalue weighted by Crippen LogP contribution is -2.33. The summed E-state index contributed by atoms with van der Waals surface area (Å²) >= 11 is 0. The van der Waals surface area contributed by atoms with Crippen molar-refractivity contribution >= 4 is 15.9 Å². The smallest absolute Gasteiger partial charge is 0.268 e. The first-order valence-corrected chi connectivity index (χ1v) is 14.0. The number of amides is 1. The molecule has 0 aliphatic heterocycles. The molecule has 0 unspecified atom stereocenters. The number of alkyl halides is 1. The molecular formula is C28H33FN2O5S. The van der Waals surface area contributed by atoms with Crippen molar-refractivity contribution in [3.63, 3.8) is 0 Å². The number of sulfonamides is 1. The molecule has 3 aromatic carbocycles. The number of carbonyl (C=O) groups excluding carboxylic acids is 1. The van der Waals surface area contributed by atoms with Crippen molar-refractivity contribution in [1.82, 2.24) is 10.0 Å². The lowest BCUT2D eigenvalue weighted by Gasteiger charge is -2.20. The fourth-order valence-corrected chi connectivity index (χ4v) is 4.27. The van der Waals surface area contributed by atoms with Crippen LogP contribution in [0.3, 0.4) is 0 Å². The van der Waals surface area contributed by atoms with E-state index in [1.165, 1.54) is 6.07 Å². The fourth-order valence-electron chi connectivity index (χ4n) is 3.83. The van der Waals surface area contributed by atoms with Gasteiger partial charge in [-0.15, -0.1) is 0 Å². The SMILES string of the molecule is C[C@H](NCCc1ccc(-c2ccc(C(=O)NS(C)(=O)=O)c(OCCCF)c2)cc1)[C@@H](O)c1ccccc1. The van der Waals surface area contributed by atoms with E-state index in [1.54, 1.807) is 12.1 Å². The summed E-state index contributed by atoms with van der Waals surface area (Å²) in [6, 6.07) is 22.2. The molecule has 0 spiro atoms. The molecule has 3 aromatic rings. The zero-order valence-corrected chi connectivity index (χ0v) is 21.8. The molecule has 0 bridgehead atoms. The fraction of sp³-hybridized carbons (Fsp3) is 0.321. The average Bonchev–Trinajstić information content (AvgIpc) is 2.88. The van der Waals surface area contributed by atoms with E-state index in [0.717, 1.165) is 34.9 Å². The van der Waals surface area contributed by atoms with Gasteiger partial charge in [0, 0.05) is 12.5 Å². The van der Waals surface area contributed by atoms with Crippen LogP contribution in [-0.4, -0.2) is 51.6 Å². The summed E-state index contributed by atoms with van der Waals surface area (Å²) in [5.41, 5.74) is 3.70. The van der Waals surface area contributed by atoms with Gasteiger partial charge in [0.1, 0.15) is 5.75 Å². The predicted molar refractivity (Wildman–Crippen MR) is 143 cm³/mol. The largest absolute Gasteiger partial charge is 0.493 e. The van der Waals surface area contributed by atoms with Gasteiger partial charge in [0.15, 0.2) is 0 Å². The van der Waals surface area contributed by atoms with E-state index >= 15 is 0 Å². The number of ether oxygens (including phenoxy) is 1. The minimum Gasteiger partial charge on any atom is -0.493 e. The number of carbonyl (C=O) groups is 1. The topological polar surface area (TPSA) is 105 Å². The van der Waals surface area contributed by atoms with Crippen LogP contribution in [0.1, 0.15) is 40.9 Å². The highest BCUT2D eigenvalue weighted by Crippen LogP contribution is 2.28. The molecule has 37 heavy (non-hydrogen) atoms. The van der Waals surface area contributed by atoms with Crippen LogP contribution in [-0.2, 0) is 16.4 Å². The van der Waals surface area contributed by atoms with Crippen LogP contribution in [0.15, 0.2) is 72.8 Å². The highest BCUT2D eigenvalue weighted by Gasteiger charge is 2.18. The Morgan fingerprint density at radius 1 is 1.03 bits per heavy atom. The van der Waals surface area contributed by atoms with E-state index in [9.17, 15) is 22.7 Å². The molecule has 0 radical (unpaired) electrons. The van der Waals surface area contributed by atoms with Crippen molar-refractivity contribution in [2.75, 3.05) is 26.1 Å². The van der Waals surface area contributed by atoms with Gasteiger partial charge in [-0.25, -0.2) is 13.1 Å². The Labute approximate surface area is 217 Å². The van der Waals surface area contributed by atoms with E-state index in [-0.39, 0.29) is 30.4 Å². The van der Waals surface area contributed by atoms with Crippen LogP contribution in [0.4, 0.5) is 4.39 Å². The van der Waals surface area contributed by atoms with Crippen molar-refractivity contribution in [2.24, 2.45) is 0 Å². The second-order valence-corrected chi connectivity index (χ2v) is 10.6. The Balaban J connectivity index is 1.65. The van der Waals surface area contributed by atoms with E-state index in [1.807, 2.05) is 66.2 Å². The van der Waals surface area contributed by atoms with Gasteiger partial charge in [0.25, 0.3) is 5.91 Å². The molecule has 3 rings (SSSR count). The van der Waals surface area contributed by atoms with Gasteiger partial charge in [-0.2, -0.15) is 0 Å². The van der Waals surface area contributed by atoms with Crippen molar-refractivity contribution < 1.29 is 27.4 Å². The molecule has 0 saturated heterocycles. The average molecular weight is 529 g/mol. The van der Waals surface area contributed by atoms with Gasteiger partial charge < -0.3 is 15.2 Å². The quantitative estimate of drug-likeness (QED) is 0.289. The molecule has 0 heterocycles. The Morgan fingerprint density at radius 3 is 2.35 bits per heavy atom. The predicted octanol–water partition coefficient (Wildman–Crippen LogP) is 4.04. The highest BCUT2D eigenvalue weighted by molar-refractivity contribution is 7.89. The number of halogens is 1. The van der Waals surface area contributed by atoms with Gasteiger partial charge in [-0.05, 0) is 54.3 Å². The minimum atomic E-state index is -3.75. The molecule has 0 aromatic heterocycles. The third-order valence-corrected chi connectivity index (χ3v) is 6.38. The molecule has 3 N–H and O–H groups in total. The van der Waals surface area contributed by atoms with Crippen LogP contribution in [0, 0.1) is 0 Å². The summed E-state index contributed by atoms with van der Waals surface area (Å²) < 4.78 is 43.0. The van der Waals surface area contributed by atoms with Gasteiger partial charge in [0.05, 0.1) is 31.2 Å². The van der Waals surface area contributed by atoms with Crippen molar-refractivity contribution in [3.8, 4) is 16.9 Å². The first-order chi connectivity index (χ1) is 17.7. The van der Waals surface area contributed by atoms with Crippen LogP contribution in [0.2, 0.25) is 0 Å². The molecule has 0 aliphatic carbocycles. The molecule has 0 saturated carbocycles. The molecule has 9 heteroatoms. The minimum absolute atomic E-state index is 0.0579. The lowest BCUT2D eigenvalue weighted by molar-refractivity contribution is 0.0977. The van der Waals surface area contributed by atoms with Crippen LogP contribution in [0.5, 0.6) is 5.75 Å². The molecule has 198 valence electrons. The van der Waals surface area contributed by atoms with E-state index < -0.39 is 28.7 Å². The summed E-state index contributed by atoms with van der Waals surface area (Å²) in [4.78, 5) is 12.4. The zero-order chi connectivity index (χ0) is 26.8. The number of nitrogens with one attached hydrogen (secondary N) is 2. The van der Waals surface area contributed by atoms with Crippen LogP contribution >= 0.6 is 0 Å².